The number of methoxy groups -OCH3 is 1. The van der Waals surface area contributed by atoms with Crippen LogP contribution < -0.4 is 0 Å². The van der Waals surface area contributed by atoms with E-state index in [1.54, 1.807) is 12.2 Å². The molecule has 0 unspecified atom stereocenters. The summed E-state index contributed by atoms with van der Waals surface area (Å²) >= 11 is 0. The Morgan fingerprint density at radius 1 is 1.53 bits per heavy atom. The number of fused-ring (bicyclic) bond motifs is 5. The fraction of sp³-hybridized carbons (Fsp3) is 0.500. The maximum atomic E-state index is 11.9. The summed E-state index contributed by atoms with van der Waals surface area (Å²) in [7, 11) is 1.39. The molecule has 0 aliphatic heterocycles. The number of ketones is 1. The highest BCUT2D eigenvalue weighted by atomic mass is 16.5. The predicted molar refractivity (Wildman–Crippen MR) is 52.8 cm³/mol. The first-order valence-electron chi connectivity index (χ1n) is 5.20. The van der Waals surface area contributed by atoms with Gasteiger partial charge in [0.25, 0.3) is 0 Å². The lowest BCUT2D eigenvalue weighted by Gasteiger charge is -2.31. The van der Waals surface area contributed by atoms with Crippen LogP contribution in [0.5, 0.6) is 0 Å². The molecule has 4 atom stereocenters. The van der Waals surface area contributed by atoms with Crippen LogP contribution in [0.3, 0.4) is 0 Å². The van der Waals surface area contributed by atoms with E-state index in [-0.39, 0.29) is 29.5 Å². The molecular weight excluding hydrogens is 192 g/mol. The molecule has 3 heteroatoms. The van der Waals surface area contributed by atoms with Gasteiger partial charge in [-0.2, -0.15) is 0 Å². The summed E-state index contributed by atoms with van der Waals surface area (Å²) in [6, 6.07) is 0. The van der Waals surface area contributed by atoms with Gasteiger partial charge < -0.3 is 4.74 Å². The van der Waals surface area contributed by atoms with Gasteiger partial charge in [-0.15, -0.1) is 0 Å². The second-order valence-electron chi connectivity index (χ2n) is 4.53. The van der Waals surface area contributed by atoms with Crippen molar-refractivity contribution >= 4 is 11.8 Å². The Balaban J connectivity index is 2.13. The van der Waals surface area contributed by atoms with Gasteiger partial charge in [0.15, 0.2) is 5.78 Å². The van der Waals surface area contributed by atoms with Crippen LogP contribution in [0.2, 0.25) is 0 Å². The summed E-state index contributed by atoms with van der Waals surface area (Å²) in [6.45, 7) is 0. The van der Waals surface area contributed by atoms with Crippen molar-refractivity contribution in [2.45, 2.75) is 6.42 Å². The Labute approximate surface area is 87.8 Å². The van der Waals surface area contributed by atoms with E-state index < -0.39 is 5.41 Å². The van der Waals surface area contributed by atoms with Crippen molar-refractivity contribution in [1.82, 2.24) is 0 Å². The minimum atomic E-state index is -0.675. The molecule has 0 N–H and O–H groups in total. The first-order valence-corrected chi connectivity index (χ1v) is 5.20. The number of ether oxygens (including phenoxy) is 1. The van der Waals surface area contributed by atoms with Crippen LogP contribution in [-0.4, -0.2) is 18.9 Å². The van der Waals surface area contributed by atoms with Crippen LogP contribution in [0.1, 0.15) is 6.42 Å². The highest BCUT2D eigenvalue weighted by Crippen LogP contribution is 2.60. The van der Waals surface area contributed by atoms with Gasteiger partial charge in [0.05, 0.1) is 7.11 Å². The van der Waals surface area contributed by atoms with E-state index in [1.165, 1.54) is 7.11 Å². The highest BCUT2D eigenvalue weighted by Gasteiger charge is 2.64. The molecule has 0 spiro atoms. The summed E-state index contributed by atoms with van der Waals surface area (Å²) in [5.41, 5.74) is -0.675. The number of esters is 1. The largest absolute Gasteiger partial charge is 0.468 e. The Bertz CT molecular complexity index is 407. The van der Waals surface area contributed by atoms with Crippen LogP contribution in [0.25, 0.3) is 0 Å². The standard InChI is InChI=1S/C12H12O3/c1-15-11(14)12-5-4-9(13)10(12)7-2-3-8(12)6-7/h2-5,7-8,10H,6H2,1H3/t7-,8-,10-,12+/m0/s1. The van der Waals surface area contributed by atoms with E-state index in [9.17, 15) is 9.59 Å². The molecule has 3 aliphatic rings. The Hall–Kier alpha value is -1.38. The molecule has 1 saturated carbocycles. The van der Waals surface area contributed by atoms with E-state index >= 15 is 0 Å². The summed E-state index contributed by atoms with van der Waals surface area (Å²) in [5.74, 6) is 0.0166. The number of hydrogen-bond donors (Lipinski definition) is 0. The molecule has 0 heterocycles. The number of rotatable bonds is 1. The minimum absolute atomic E-state index is 0.0808. The van der Waals surface area contributed by atoms with Crippen LogP contribution in [0, 0.1) is 23.2 Å². The van der Waals surface area contributed by atoms with Gasteiger partial charge in [-0.3, -0.25) is 9.59 Å². The van der Waals surface area contributed by atoms with Crippen LogP contribution in [0.15, 0.2) is 24.3 Å². The van der Waals surface area contributed by atoms with E-state index in [0.29, 0.717) is 0 Å². The third-order valence-electron chi connectivity index (χ3n) is 4.04. The maximum absolute atomic E-state index is 11.9. The van der Waals surface area contributed by atoms with Crippen molar-refractivity contribution in [3.63, 3.8) is 0 Å². The minimum Gasteiger partial charge on any atom is -0.468 e. The molecule has 3 rings (SSSR count). The quantitative estimate of drug-likeness (QED) is 0.474. The molecule has 1 fully saturated rings. The smallest absolute Gasteiger partial charge is 0.317 e. The monoisotopic (exact) mass is 204 g/mol. The molecule has 78 valence electrons. The summed E-state index contributed by atoms with van der Waals surface area (Å²) in [4.78, 5) is 23.6. The van der Waals surface area contributed by atoms with Crippen molar-refractivity contribution in [3.8, 4) is 0 Å². The molecular formula is C12H12O3. The van der Waals surface area contributed by atoms with Gasteiger partial charge in [-0.1, -0.05) is 18.2 Å². The predicted octanol–water partition coefficient (Wildman–Crippen LogP) is 1.11. The average Bonchev–Trinajstić information content (AvgIpc) is 2.89. The summed E-state index contributed by atoms with van der Waals surface area (Å²) in [6.07, 6.45) is 8.35. The molecule has 3 aliphatic carbocycles. The fourth-order valence-corrected chi connectivity index (χ4v) is 3.43. The van der Waals surface area contributed by atoms with E-state index in [4.69, 9.17) is 4.74 Å². The van der Waals surface area contributed by atoms with Gasteiger partial charge in [0.2, 0.25) is 0 Å². The lowest BCUT2D eigenvalue weighted by molar-refractivity contribution is -0.154. The van der Waals surface area contributed by atoms with Crippen molar-refractivity contribution < 1.29 is 14.3 Å². The first kappa shape index (κ1) is 8.89. The van der Waals surface area contributed by atoms with E-state index in [2.05, 4.69) is 12.2 Å². The van der Waals surface area contributed by atoms with Gasteiger partial charge in [-0.25, -0.2) is 0 Å². The molecule has 0 amide bonds. The number of allylic oxidation sites excluding steroid dienone is 3. The zero-order valence-corrected chi connectivity index (χ0v) is 8.47. The van der Waals surface area contributed by atoms with Crippen molar-refractivity contribution in [2.75, 3.05) is 7.11 Å². The molecule has 15 heavy (non-hydrogen) atoms. The Kier molecular flexibility index (Phi) is 1.54. The molecule has 0 aromatic rings. The third-order valence-corrected chi connectivity index (χ3v) is 4.04. The second-order valence-corrected chi connectivity index (χ2v) is 4.53. The molecule has 0 aromatic carbocycles. The van der Waals surface area contributed by atoms with Crippen LogP contribution in [0.4, 0.5) is 0 Å². The zero-order valence-electron chi connectivity index (χ0n) is 8.47. The highest BCUT2D eigenvalue weighted by molar-refractivity contribution is 6.03. The third kappa shape index (κ3) is 0.822. The first-order chi connectivity index (χ1) is 7.20. The number of carbonyl (C=O) groups is 2. The second kappa shape index (κ2) is 2.60. The molecule has 0 radical (unpaired) electrons. The van der Waals surface area contributed by atoms with Crippen molar-refractivity contribution in [3.05, 3.63) is 24.3 Å². The maximum Gasteiger partial charge on any atom is 0.317 e. The van der Waals surface area contributed by atoms with Gasteiger partial charge in [0, 0.05) is 5.92 Å². The van der Waals surface area contributed by atoms with Gasteiger partial charge >= 0.3 is 5.97 Å². The SMILES string of the molecule is COC(=O)[C@@]12C=CC(=O)[C@@H]1[C@H]1C=C[C@H]2C1. The lowest BCUT2D eigenvalue weighted by Crippen LogP contribution is -2.41. The molecule has 2 bridgehead atoms. The van der Waals surface area contributed by atoms with Gasteiger partial charge in [-0.05, 0) is 24.3 Å². The van der Waals surface area contributed by atoms with E-state index in [0.717, 1.165) is 6.42 Å². The Morgan fingerprint density at radius 2 is 2.33 bits per heavy atom. The topological polar surface area (TPSA) is 43.4 Å². The lowest BCUT2D eigenvalue weighted by atomic mass is 9.70. The fourth-order valence-electron chi connectivity index (χ4n) is 3.43. The van der Waals surface area contributed by atoms with Crippen LogP contribution in [-0.2, 0) is 14.3 Å². The molecule has 0 aromatic heterocycles. The normalized spacial score (nSPS) is 44.9. The van der Waals surface area contributed by atoms with Crippen molar-refractivity contribution in [1.29, 1.82) is 0 Å². The molecule has 3 nitrogen and oxygen atoms in total. The van der Waals surface area contributed by atoms with E-state index in [1.807, 2.05) is 0 Å². The van der Waals surface area contributed by atoms with Gasteiger partial charge in [0.1, 0.15) is 5.41 Å². The van der Waals surface area contributed by atoms with Crippen LogP contribution >= 0.6 is 0 Å². The summed E-state index contributed by atoms with van der Waals surface area (Å²) in [5, 5.41) is 0. The number of hydrogen-bond acceptors (Lipinski definition) is 3. The average molecular weight is 204 g/mol. The number of carbonyl (C=O) groups excluding carboxylic acids is 2. The van der Waals surface area contributed by atoms with Crippen molar-refractivity contribution in [2.24, 2.45) is 23.2 Å². The zero-order chi connectivity index (χ0) is 10.6. The Morgan fingerprint density at radius 3 is 3.07 bits per heavy atom. The summed E-state index contributed by atoms with van der Waals surface area (Å²) < 4.78 is 4.86. The molecule has 0 saturated heterocycles.